The van der Waals surface area contributed by atoms with E-state index in [1.54, 1.807) is 24.3 Å². The first-order valence-electron chi connectivity index (χ1n) is 9.15. The second kappa shape index (κ2) is 9.36. The van der Waals surface area contributed by atoms with Gasteiger partial charge in [-0.15, -0.1) is 0 Å². The van der Waals surface area contributed by atoms with E-state index in [2.05, 4.69) is 40.1 Å². The molecule has 138 valence electrons. The molecule has 0 spiro atoms. The van der Waals surface area contributed by atoms with Crippen LogP contribution in [0.25, 0.3) is 0 Å². The zero-order valence-electron chi connectivity index (χ0n) is 15.0. The van der Waals surface area contributed by atoms with Gasteiger partial charge in [-0.2, -0.15) is 0 Å². The van der Waals surface area contributed by atoms with Crippen LogP contribution in [-0.4, -0.2) is 60.2 Å². The first-order valence-corrected chi connectivity index (χ1v) is 9.15. The van der Waals surface area contributed by atoms with Crippen molar-refractivity contribution in [2.45, 2.75) is 13.0 Å². The van der Waals surface area contributed by atoms with Gasteiger partial charge in [-0.1, -0.05) is 30.3 Å². The highest BCUT2D eigenvalue weighted by Gasteiger charge is 2.16. The summed E-state index contributed by atoms with van der Waals surface area (Å²) in [5.41, 5.74) is 1.66. The van der Waals surface area contributed by atoms with Gasteiger partial charge in [0, 0.05) is 39.3 Å². The Balaban J connectivity index is 1.31. The lowest BCUT2D eigenvalue weighted by Crippen LogP contribution is -2.46. The van der Waals surface area contributed by atoms with Crippen LogP contribution in [0.2, 0.25) is 0 Å². The minimum atomic E-state index is -0.914. The van der Waals surface area contributed by atoms with E-state index in [1.165, 1.54) is 5.56 Å². The maximum atomic E-state index is 10.8. The lowest BCUT2D eigenvalue weighted by Gasteiger charge is -2.34. The Hall–Kier alpha value is -2.37. The summed E-state index contributed by atoms with van der Waals surface area (Å²) in [7, 11) is 0. The Morgan fingerprint density at radius 2 is 1.58 bits per heavy atom. The van der Waals surface area contributed by atoms with Gasteiger partial charge in [0.15, 0.2) is 0 Å². The fourth-order valence-electron chi connectivity index (χ4n) is 3.18. The molecule has 5 heteroatoms. The average Bonchev–Trinajstić information content (AvgIpc) is 2.68. The van der Waals surface area contributed by atoms with Crippen LogP contribution in [0.4, 0.5) is 0 Å². The van der Waals surface area contributed by atoms with Gasteiger partial charge >= 0.3 is 5.97 Å². The zero-order valence-corrected chi connectivity index (χ0v) is 15.0. The number of piperazine rings is 1. The van der Waals surface area contributed by atoms with E-state index in [9.17, 15) is 4.79 Å². The van der Waals surface area contributed by atoms with Crippen molar-refractivity contribution < 1.29 is 14.6 Å². The molecule has 5 nitrogen and oxygen atoms in total. The van der Waals surface area contributed by atoms with Crippen molar-refractivity contribution in [3.8, 4) is 5.75 Å². The minimum absolute atomic E-state index is 0.283. The molecule has 0 aliphatic carbocycles. The molecule has 0 unspecified atom stereocenters. The fraction of sp³-hybridized carbons (Fsp3) is 0.381. The topological polar surface area (TPSA) is 53.0 Å². The van der Waals surface area contributed by atoms with Crippen LogP contribution in [0.15, 0.2) is 54.6 Å². The highest BCUT2D eigenvalue weighted by Crippen LogP contribution is 2.13. The molecule has 0 radical (unpaired) electrons. The van der Waals surface area contributed by atoms with Gasteiger partial charge in [0.25, 0.3) is 0 Å². The van der Waals surface area contributed by atoms with Crippen molar-refractivity contribution in [1.82, 2.24) is 9.80 Å². The maximum absolute atomic E-state index is 10.8. The number of nitrogens with zero attached hydrogens (tertiary/aromatic N) is 2. The number of aromatic carboxylic acids is 1. The SMILES string of the molecule is O=C(O)c1ccc(OCCCN2CCN(Cc3ccccc3)CC2)cc1. The number of carboxylic acid groups (broad SMARTS) is 1. The van der Waals surface area contributed by atoms with E-state index >= 15 is 0 Å². The third-order valence-electron chi connectivity index (χ3n) is 4.70. The van der Waals surface area contributed by atoms with Gasteiger partial charge in [-0.05, 0) is 36.2 Å². The molecule has 1 aliphatic heterocycles. The quantitative estimate of drug-likeness (QED) is 0.739. The van der Waals surface area contributed by atoms with E-state index in [1.807, 2.05) is 0 Å². The summed E-state index contributed by atoms with van der Waals surface area (Å²) in [6.45, 7) is 7.12. The van der Waals surface area contributed by atoms with E-state index in [0.717, 1.165) is 51.4 Å². The van der Waals surface area contributed by atoms with Gasteiger partial charge in [-0.3, -0.25) is 4.90 Å². The van der Waals surface area contributed by atoms with Crippen LogP contribution in [0.1, 0.15) is 22.3 Å². The van der Waals surface area contributed by atoms with Gasteiger partial charge in [0.2, 0.25) is 0 Å². The zero-order chi connectivity index (χ0) is 18.2. The molecule has 1 saturated heterocycles. The Labute approximate surface area is 154 Å². The van der Waals surface area contributed by atoms with E-state index < -0.39 is 5.97 Å². The normalized spacial score (nSPS) is 15.7. The molecule has 0 bridgehead atoms. The number of rotatable bonds is 8. The summed E-state index contributed by atoms with van der Waals surface area (Å²) in [5, 5.41) is 8.89. The molecule has 0 aromatic heterocycles. The van der Waals surface area contributed by atoms with Crippen molar-refractivity contribution >= 4 is 5.97 Å². The molecule has 1 N–H and O–H groups in total. The molecule has 26 heavy (non-hydrogen) atoms. The summed E-state index contributed by atoms with van der Waals surface area (Å²) in [6.07, 6.45) is 0.972. The predicted octanol–water partition coefficient (Wildman–Crippen LogP) is 2.97. The molecule has 2 aromatic rings. The number of hydrogen-bond acceptors (Lipinski definition) is 4. The molecule has 0 atom stereocenters. The first-order chi connectivity index (χ1) is 12.7. The molecule has 1 fully saturated rings. The Bertz CT molecular complexity index is 680. The second-order valence-electron chi connectivity index (χ2n) is 6.63. The molecule has 0 amide bonds. The van der Waals surface area contributed by atoms with E-state index in [4.69, 9.17) is 9.84 Å². The van der Waals surface area contributed by atoms with Crippen LogP contribution in [0.5, 0.6) is 5.75 Å². The summed E-state index contributed by atoms with van der Waals surface area (Å²) in [5.74, 6) is -0.189. The molecule has 1 heterocycles. The number of carbonyl (C=O) groups is 1. The Morgan fingerprint density at radius 1 is 0.923 bits per heavy atom. The molecule has 1 aliphatic rings. The number of carboxylic acids is 1. The van der Waals surface area contributed by atoms with Crippen LogP contribution < -0.4 is 4.74 Å². The van der Waals surface area contributed by atoms with E-state index in [0.29, 0.717) is 6.61 Å². The van der Waals surface area contributed by atoms with Crippen molar-refractivity contribution in [1.29, 1.82) is 0 Å². The van der Waals surface area contributed by atoms with Crippen LogP contribution in [0, 0.1) is 0 Å². The highest BCUT2D eigenvalue weighted by atomic mass is 16.5. The van der Waals surface area contributed by atoms with Crippen molar-refractivity contribution in [3.05, 3.63) is 65.7 Å². The summed E-state index contributed by atoms with van der Waals surface area (Å²) in [4.78, 5) is 15.8. The van der Waals surface area contributed by atoms with Crippen molar-refractivity contribution in [3.63, 3.8) is 0 Å². The van der Waals surface area contributed by atoms with Gasteiger partial charge in [-0.25, -0.2) is 4.79 Å². The summed E-state index contributed by atoms with van der Waals surface area (Å²) < 4.78 is 5.70. The second-order valence-corrected chi connectivity index (χ2v) is 6.63. The number of ether oxygens (including phenoxy) is 1. The molecular formula is C21H26N2O3. The monoisotopic (exact) mass is 354 g/mol. The van der Waals surface area contributed by atoms with Gasteiger partial charge < -0.3 is 14.7 Å². The summed E-state index contributed by atoms with van der Waals surface area (Å²) >= 11 is 0. The molecule has 0 saturated carbocycles. The van der Waals surface area contributed by atoms with Crippen LogP contribution >= 0.6 is 0 Å². The fourth-order valence-corrected chi connectivity index (χ4v) is 3.18. The summed E-state index contributed by atoms with van der Waals surface area (Å²) in [6, 6.07) is 17.2. The molecule has 3 rings (SSSR count). The molecular weight excluding hydrogens is 328 g/mol. The van der Waals surface area contributed by atoms with Crippen LogP contribution in [0.3, 0.4) is 0 Å². The van der Waals surface area contributed by atoms with Gasteiger partial charge in [0.05, 0.1) is 12.2 Å². The highest BCUT2D eigenvalue weighted by molar-refractivity contribution is 5.87. The lowest BCUT2D eigenvalue weighted by molar-refractivity contribution is 0.0697. The average molecular weight is 354 g/mol. The van der Waals surface area contributed by atoms with Crippen LogP contribution in [-0.2, 0) is 6.54 Å². The van der Waals surface area contributed by atoms with Crippen molar-refractivity contribution in [2.75, 3.05) is 39.3 Å². The largest absolute Gasteiger partial charge is 0.494 e. The first kappa shape index (κ1) is 18.4. The minimum Gasteiger partial charge on any atom is -0.494 e. The predicted molar refractivity (Wildman–Crippen MR) is 102 cm³/mol. The number of benzene rings is 2. The standard InChI is InChI=1S/C21H26N2O3/c24-21(25)19-7-9-20(10-8-19)26-16-4-11-22-12-14-23(15-13-22)17-18-5-2-1-3-6-18/h1-3,5-10H,4,11-17H2,(H,24,25). The smallest absolute Gasteiger partial charge is 0.335 e. The third-order valence-corrected chi connectivity index (χ3v) is 4.70. The Kier molecular flexibility index (Phi) is 6.63. The van der Waals surface area contributed by atoms with Crippen molar-refractivity contribution in [2.24, 2.45) is 0 Å². The van der Waals surface area contributed by atoms with Gasteiger partial charge in [0.1, 0.15) is 5.75 Å². The Morgan fingerprint density at radius 3 is 2.23 bits per heavy atom. The molecule has 2 aromatic carbocycles. The maximum Gasteiger partial charge on any atom is 0.335 e. The third kappa shape index (κ3) is 5.58. The lowest BCUT2D eigenvalue weighted by atomic mass is 10.2. The number of hydrogen-bond donors (Lipinski definition) is 1. The van der Waals surface area contributed by atoms with E-state index in [-0.39, 0.29) is 5.56 Å².